The van der Waals surface area contributed by atoms with Crippen molar-refractivity contribution in [1.82, 2.24) is 0 Å². The van der Waals surface area contributed by atoms with Crippen LogP contribution < -0.4 is 4.72 Å². The van der Waals surface area contributed by atoms with Gasteiger partial charge in [0.2, 0.25) is 0 Å². The van der Waals surface area contributed by atoms with Crippen molar-refractivity contribution in [3.05, 3.63) is 59.7 Å². The SMILES string of the molecule is CC.CC.CC.CC(=O)c1cc(C)ccc1NS(=O)(=O)c1ccccc1. The van der Waals surface area contributed by atoms with Crippen molar-refractivity contribution in [2.24, 2.45) is 0 Å². The van der Waals surface area contributed by atoms with Crippen LogP contribution in [-0.4, -0.2) is 14.2 Å². The lowest BCUT2D eigenvalue weighted by molar-refractivity contribution is 0.101. The van der Waals surface area contributed by atoms with Gasteiger partial charge in [0.25, 0.3) is 10.0 Å². The number of Topliss-reactive ketones (excluding diaryl/α,β-unsaturated/α-hetero) is 1. The molecule has 2 aromatic rings. The van der Waals surface area contributed by atoms with E-state index in [4.69, 9.17) is 0 Å². The van der Waals surface area contributed by atoms with Gasteiger partial charge in [-0.3, -0.25) is 9.52 Å². The number of nitrogens with one attached hydrogen (secondary N) is 1. The van der Waals surface area contributed by atoms with E-state index < -0.39 is 10.0 Å². The monoisotopic (exact) mass is 379 g/mol. The van der Waals surface area contributed by atoms with Crippen molar-refractivity contribution in [3.63, 3.8) is 0 Å². The number of anilines is 1. The predicted molar refractivity (Wildman–Crippen MR) is 112 cm³/mol. The van der Waals surface area contributed by atoms with Gasteiger partial charge >= 0.3 is 0 Å². The van der Waals surface area contributed by atoms with Gasteiger partial charge in [-0.2, -0.15) is 0 Å². The number of aryl methyl sites for hydroxylation is 1. The van der Waals surface area contributed by atoms with Crippen molar-refractivity contribution in [1.29, 1.82) is 0 Å². The zero-order valence-electron chi connectivity index (χ0n) is 17.3. The molecular formula is C21H33NO3S. The summed E-state index contributed by atoms with van der Waals surface area (Å²) in [5, 5.41) is 0. The molecule has 0 aromatic heterocycles. The fourth-order valence-corrected chi connectivity index (χ4v) is 2.94. The standard InChI is InChI=1S/C15H15NO3S.3C2H6/c1-11-8-9-15(14(10-11)12(2)17)16-20(18,19)13-6-4-3-5-7-13;3*1-2/h3-10,16H,1-2H3;3*1-2H3. The van der Waals surface area contributed by atoms with Crippen molar-refractivity contribution >= 4 is 21.5 Å². The van der Waals surface area contributed by atoms with E-state index in [1.54, 1.807) is 36.4 Å². The Bertz CT molecular complexity index is 739. The lowest BCUT2D eigenvalue weighted by Crippen LogP contribution is -2.15. The smallest absolute Gasteiger partial charge is 0.261 e. The Morgan fingerprint density at radius 3 is 1.81 bits per heavy atom. The second-order valence-corrected chi connectivity index (χ2v) is 6.21. The molecule has 0 fully saturated rings. The average Bonchev–Trinajstić information content (AvgIpc) is 2.68. The molecule has 26 heavy (non-hydrogen) atoms. The van der Waals surface area contributed by atoms with Crippen LogP contribution in [0.1, 0.15) is 64.4 Å². The topological polar surface area (TPSA) is 63.2 Å². The van der Waals surface area contributed by atoms with E-state index in [2.05, 4.69) is 4.72 Å². The molecule has 0 aliphatic heterocycles. The van der Waals surface area contributed by atoms with Gasteiger partial charge < -0.3 is 0 Å². The molecular weight excluding hydrogens is 346 g/mol. The van der Waals surface area contributed by atoms with Gasteiger partial charge in [-0.1, -0.05) is 71.4 Å². The Labute approximate surface area is 159 Å². The molecule has 0 bridgehead atoms. The summed E-state index contributed by atoms with van der Waals surface area (Å²) >= 11 is 0. The number of hydrogen-bond acceptors (Lipinski definition) is 3. The van der Waals surface area contributed by atoms with Crippen molar-refractivity contribution < 1.29 is 13.2 Å². The summed E-state index contributed by atoms with van der Waals surface area (Å²) in [4.78, 5) is 11.8. The van der Waals surface area contributed by atoms with Crippen LogP contribution in [-0.2, 0) is 10.0 Å². The molecule has 2 rings (SSSR count). The fraction of sp³-hybridized carbons (Fsp3) is 0.381. The molecule has 0 heterocycles. The molecule has 0 unspecified atom stereocenters. The Morgan fingerprint density at radius 1 is 0.846 bits per heavy atom. The number of carbonyl (C=O) groups is 1. The number of sulfonamides is 1. The Kier molecular flexibility index (Phi) is 14.1. The summed E-state index contributed by atoms with van der Waals surface area (Å²) in [6.45, 7) is 15.3. The van der Waals surface area contributed by atoms with Gasteiger partial charge in [0, 0.05) is 5.56 Å². The summed E-state index contributed by atoms with van der Waals surface area (Å²) in [5.41, 5.74) is 1.56. The molecule has 1 N–H and O–H groups in total. The summed E-state index contributed by atoms with van der Waals surface area (Å²) in [5.74, 6) is -0.181. The third kappa shape index (κ3) is 8.30. The highest BCUT2D eigenvalue weighted by Gasteiger charge is 2.17. The molecule has 0 radical (unpaired) electrons. The molecule has 0 saturated carbocycles. The van der Waals surface area contributed by atoms with E-state index in [-0.39, 0.29) is 10.7 Å². The minimum atomic E-state index is -3.68. The predicted octanol–water partition coefficient (Wildman–Crippen LogP) is 6.08. The summed E-state index contributed by atoms with van der Waals surface area (Å²) in [6, 6.07) is 13.1. The third-order valence-corrected chi connectivity index (χ3v) is 4.23. The first kappa shape index (κ1) is 26.1. The average molecular weight is 380 g/mol. The van der Waals surface area contributed by atoms with E-state index in [1.165, 1.54) is 19.1 Å². The van der Waals surface area contributed by atoms with Gasteiger partial charge in [0.15, 0.2) is 5.78 Å². The van der Waals surface area contributed by atoms with Crippen LogP contribution in [0.2, 0.25) is 0 Å². The van der Waals surface area contributed by atoms with Crippen LogP contribution in [0.15, 0.2) is 53.4 Å². The van der Waals surface area contributed by atoms with Gasteiger partial charge in [-0.05, 0) is 38.1 Å². The second kappa shape index (κ2) is 14.1. The lowest BCUT2D eigenvalue weighted by Gasteiger charge is -2.11. The molecule has 0 saturated heterocycles. The van der Waals surface area contributed by atoms with Crippen molar-refractivity contribution in [2.75, 3.05) is 4.72 Å². The number of carbonyl (C=O) groups excluding carboxylic acids is 1. The van der Waals surface area contributed by atoms with E-state index in [0.717, 1.165) is 5.56 Å². The molecule has 146 valence electrons. The zero-order valence-corrected chi connectivity index (χ0v) is 18.1. The number of hydrogen-bond donors (Lipinski definition) is 1. The Balaban J connectivity index is 0. The number of rotatable bonds is 4. The maximum Gasteiger partial charge on any atom is 0.261 e. The normalized spacial score (nSPS) is 9.23. The first-order valence-corrected chi connectivity index (χ1v) is 10.6. The molecule has 0 spiro atoms. The highest BCUT2D eigenvalue weighted by atomic mass is 32.2. The summed E-state index contributed by atoms with van der Waals surface area (Å²) in [6.07, 6.45) is 0. The van der Waals surface area contributed by atoms with Gasteiger partial charge in [-0.25, -0.2) is 8.42 Å². The first-order chi connectivity index (χ1) is 12.4. The van der Waals surface area contributed by atoms with Gasteiger partial charge in [0.05, 0.1) is 10.6 Å². The van der Waals surface area contributed by atoms with E-state index in [9.17, 15) is 13.2 Å². The molecule has 0 aliphatic rings. The Morgan fingerprint density at radius 2 is 1.35 bits per heavy atom. The quantitative estimate of drug-likeness (QED) is 0.655. The molecule has 0 atom stereocenters. The van der Waals surface area contributed by atoms with Gasteiger partial charge in [-0.15, -0.1) is 0 Å². The molecule has 5 heteroatoms. The fourth-order valence-electron chi connectivity index (χ4n) is 1.84. The van der Waals surface area contributed by atoms with Crippen molar-refractivity contribution in [3.8, 4) is 0 Å². The minimum absolute atomic E-state index is 0.162. The first-order valence-electron chi connectivity index (χ1n) is 9.09. The van der Waals surface area contributed by atoms with E-state index >= 15 is 0 Å². The number of ketones is 1. The molecule has 0 amide bonds. The van der Waals surface area contributed by atoms with E-state index in [0.29, 0.717) is 11.3 Å². The summed E-state index contributed by atoms with van der Waals surface area (Å²) < 4.78 is 26.9. The molecule has 2 aromatic carbocycles. The third-order valence-electron chi connectivity index (χ3n) is 2.85. The van der Waals surface area contributed by atoms with Crippen molar-refractivity contribution in [2.45, 2.75) is 60.3 Å². The maximum atomic E-state index is 12.2. The largest absolute Gasteiger partial charge is 0.294 e. The Hall–Kier alpha value is -2.14. The van der Waals surface area contributed by atoms with Gasteiger partial charge in [0.1, 0.15) is 0 Å². The van der Waals surface area contributed by atoms with Crippen LogP contribution in [0.3, 0.4) is 0 Å². The van der Waals surface area contributed by atoms with Crippen LogP contribution >= 0.6 is 0 Å². The highest BCUT2D eigenvalue weighted by Crippen LogP contribution is 2.21. The minimum Gasteiger partial charge on any atom is -0.294 e. The van der Waals surface area contributed by atoms with Crippen LogP contribution in [0.25, 0.3) is 0 Å². The van der Waals surface area contributed by atoms with E-state index in [1.807, 2.05) is 48.5 Å². The van der Waals surface area contributed by atoms with Crippen LogP contribution in [0.4, 0.5) is 5.69 Å². The highest BCUT2D eigenvalue weighted by molar-refractivity contribution is 7.92. The number of benzene rings is 2. The maximum absolute atomic E-state index is 12.2. The molecule has 0 aliphatic carbocycles. The van der Waals surface area contributed by atoms with Crippen LogP contribution in [0, 0.1) is 6.92 Å². The zero-order chi connectivity index (χ0) is 20.8. The summed E-state index contributed by atoms with van der Waals surface area (Å²) in [7, 11) is -3.68. The molecule has 4 nitrogen and oxygen atoms in total. The lowest BCUT2D eigenvalue weighted by atomic mass is 10.1. The second-order valence-electron chi connectivity index (χ2n) is 4.52. The van der Waals surface area contributed by atoms with Crippen LogP contribution in [0.5, 0.6) is 0 Å².